The standard InChI is InChI=1S/C21H14Cl2N4O2/c22-13-8-10-14(11-9-13)24-21(28)25-15-4-3-5-16(12-15)29-20-18-7-2-1-6-17(18)19(23)26-27-20/h1-12H,(H2,24,25,28). The third-order valence-corrected chi connectivity index (χ3v) is 4.55. The number of rotatable bonds is 4. The van der Waals surface area contributed by atoms with Crippen LogP contribution in [0.15, 0.2) is 72.8 Å². The molecule has 8 heteroatoms. The van der Waals surface area contributed by atoms with Gasteiger partial charge in [-0.25, -0.2) is 4.79 Å². The van der Waals surface area contributed by atoms with E-state index < -0.39 is 0 Å². The molecule has 4 rings (SSSR count). The van der Waals surface area contributed by atoms with Crippen molar-refractivity contribution in [1.82, 2.24) is 10.2 Å². The summed E-state index contributed by atoms with van der Waals surface area (Å²) in [6, 6.07) is 20.8. The molecule has 0 aliphatic heterocycles. The molecule has 0 radical (unpaired) electrons. The van der Waals surface area contributed by atoms with E-state index in [1.165, 1.54) is 0 Å². The van der Waals surface area contributed by atoms with Crippen LogP contribution in [0.4, 0.5) is 16.2 Å². The van der Waals surface area contributed by atoms with Gasteiger partial charge in [-0.3, -0.25) is 0 Å². The molecule has 0 atom stereocenters. The van der Waals surface area contributed by atoms with Crippen molar-refractivity contribution in [3.05, 3.63) is 83.0 Å². The van der Waals surface area contributed by atoms with Crippen LogP contribution in [0, 0.1) is 0 Å². The number of benzene rings is 3. The highest BCUT2D eigenvalue weighted by atomic mass is 35.5. The largest absolute Gasteiger partial charge is 0.437 e. The van der Waals surface area contributed by atoms with Gasteiger partial charge in [-0.05, 0) is 42.5 Å². The number of hydrogen-bond donors (Lipinski definition) is 2. The highest BCUT2D eigenvalue weighted by molar-refractivity contribution is 6.34. The maximum absolute atomic E-state index is 12.2. The Balaban J connectivity index is 1.50. The number of halogens is 2. The maximum Gasteiger partial charge on any atom is 0.323 e. The molecule has 2 N–H and O–H groups in total. The molecule has 0 saturated heterocycles. The Morgan fingerprint density at radius 3 is 2.31 bits per heavy atom. The minimum absolute atomic E-state index is 0.308. The summed E-state index contributed by atoms with van der Waals surface area (Å²) in [6.07, 6.45) is 0. The Bertz CT molecular complexity index is 1180. The average molecular weight is 425 g/mol. The van der Waals surface area contributed by atoms with Crippen LogP contribution in [0.1, 0.15) is 0 Å². The molecule has 2 amide bonds. The van der Waals surface area contributed by atoms with E-state index in [2.05, 4.69) is 20.8 Å². The van der Waals surface area contributed by atoms with Gasteiger partial charge in [-0.1, -0.05) is 47.5 Å². The number of carbonyl (C=O) groups is 1. The molecule has 144 valence electrons. The van der Waals surface area contributed by atoms with Crippen molar-refractivity contribution in [3.8, 4) is 11.6 Å². The van der Waals surface area contributed by atoms with Gasteiger partial charge in [0.25, 0.3) is 0 Å². The van der Waals surface area contributed by atoms with Crippen molar-refractivity contribution in [3.63, 3.8) is 0 Å². The summed E-state index contributed by atoms with van der Waals surface area (Å²) >= 11 is 11.9. The Morgan fingerprint density at radius 1 is 0.793 bits per heavy atom. The predicted octanol–water partition coefficient (Wildman–Crippen LogP) is 6.37. The van der Waals surface area contributed by atoms with Gasteiger partial charge < -0.3 is 15.4 Å². The molecular formula is C21H14Cl2N4O2. The molecule has 0 aliphatic carbocycles. The molecule has 6 nitrogen and oxygen atoms in total. The van der Waals surface area contributed by atoms with E-state index >= 15 is 0 Å². The molecule has 0 spiro atoms. The molecule has 0 aliphatic rings. The normalized spacial score (nSPS) is 10.6. The van der Waals surface area contributed by atoms with Gasteiger partial charge in [0.1, 0.15) is 5.75 Å². The zero-order chi connectivity index (χ0) is 20.2. The average Bonchev–Trinajstić information content (AvgIpc) is 2.72. The van der Waals surface area contributed by atoms with Crippen LogP contribution >= 0.6 is 23.2 Å². The summed E-state index contributed by atoms with van der Waals surface area (Å²) < 4.78 is 5.88. The number of anilines is 2. The minimum atomic E-state index is -0.388. The Labute approximate surface area is 176 Å². The van der Waals surface area contributed by atoms with Gasteiger partial charge in [0, 0.05) is 33.2 Å². The Morgan fingerprint density at radius 2 is 1.52 bits per heavy atom. The highest BCUT2D eigenvalue weighted by Crippen LogP contribution is 2.31. The van der Waals surface area contributed by atoms with Crippen LogP contribution in [-0.2, 0) is 0 Å². The van der Waals surface area contributed by atoms with Crippen molar-refractivity contribution in [2.24, 2.45) is 0 Å². The monoisotopic (exact) mass is 424 g/mol. The van der Waals surface area contributed by atoms with Crippen LogP contribution in [0.25, 0.3) is 10.8 Å². The lowest BCUT2D eigenvalue weighted by Crippen LogP contribution is -2.19. The first-order chi connectivity index (χ1) is 14.1. The molecule has 0 fully saturated rings. The summed E-state index contributed by atoms with van der Waals surface area (Å²) in [7, 11) is 0. The molecule has 0 bridgehead atoms. The topological polar surface area (TPSA) is 76.1 Å². The summed E-state index contributed by atoms with van der Waals surface area (Å²) in [6.45, 7) is 0. The smallest absolute Gasteiger partial charge is 0.323 e. The second-order valence-corrected chi connectivity index (χ2v) is 6.85. The van der Waals surface area contributed by atoms with E-state index in [1.54, 1.807) is 48.5 Å². The zero-order valence-corrected chi connectivity index (χ0v) is 16.4. The van der Waals surface area contributed by atoms with E-state index in [9.17, 15) is 4.79 Å². The first-order valence-corrected chi connectivity index (χ1v) is 9.36. The summed E-state index contributed by atoms with van der Waals surface area (Å²) in [5.74, 6) is 0.823. The first-order valence-electron chi connectivity index (χ1n) is 8.61. The molecule has 4 aromatic rings. The van der Waals surface area contributed by atoms with Crippen molar-refractivity contribution < 1.29 is 9.53 Å². The molecule has 1 heterocycles. The number of hydrogen-bond acceptors (Lipinski definition) is 4. The quantitative estimate of drug-likeness (QED) is 0.398. The van der Waals surface area contributed by atoms with Crippen molar-refractivity contribution in [1.29, 1.82) is 0 Å². The SMILES string of the molecule is O=C(Nc1ccc(Cl)cc1)Nc1cccc(Oc2nnc(Cl)c3ccccc23)c1. The zero-order valence-electron chi connectivity index (χ0n) is 14.9. The van der Waals surface area contributed by atoms with Gasteiger partial charge in [0.05, 0.1) is 0 Å². The molecule has 0 saturated carbocycles. The predicted molar refractivity (Wildman–Crippen MR) is 115 cm³/mol. The third-order valence-electron chi connectivity index (χ3n) is 4.02. The van der Waals surface area contributed by atoms with Crippen LogP contribution in [0.5, 0.6) is 11.6 Å². The van der Waals surface area contributed by atoms with Gasteiger partial charge in [-0.2, -0.15) is 0 Å². The number of urea groups is 1. The van der Waals surface area contributed by atoms with Gasteiger partial charge in [0.15, 0.2) is 5.15 Å². The fraction of sp³-hybridized carbons (Fsp3) is 0. The number of amides is 2. The molecule has 29 heavy (non-hydrogen) atoms. The summed E-state index contributed by atoms with van der Waals surface area (Å²) in [5, 5.41) is 15.8. The number of fused-ring (bicyclic) bond motifs is 1. The maximum atomic E-state index is 12.2. The second-order valence-electron chi connectivity index (χ2n) is 6.06. The third kappa shape index (κ3) is 4.56. The van der Waals surface area contributed by atoms with Gasteiger partial charge in [-0.15, -0.1) is 10.2 Å². The van der Waals surface area contributed by atoms with E-state index in [-0.39, 0.29) is 6.03 Å². The lowest BCUT2D eigenvalue weighted by atomic mass is 10.2. The van der Waals surface area contributed by atoms with Crippen LogP contribution in [0.3, 0.4) is 0 Å². The fourth-order valence-corrected chi connectivity index (χ4v) is 3.03. The summed E-state index contributed by atoms with van der Waals surface area (Å²) in [5.41, 5.74) is 1.18. The summed E-state index contributed by atoms with van der Waals surface area (Å²) in [4.78, 5) is 12.2. The lowest BCUT2D eigenvalue weighted by Gasteiger charge is -2.11. The Hall–Kier alpha value is -3.35. The number of carbonyl (C=O) groups excluding carboxylic acids is 1. The minimum Gasteiger partial charge on any atom is -0.437 e. The van der Waals surface area contributed by atoms with E-state index in [1.807, 2.05) is 24.3 Å². The number of nitrogens with zero attached hydrogens (tertiary/aromatic N) is 2. The Kier molecular flexibility index (Phi) is 5.46. The fourth-order valence-electron chi connectivity index (χ4n) is 2.70. The lowest BCUT2D eigenvalue weighted by molar-refractivity contribution is 0.262. The van der Waals surface area contributed by atoms with Crippen molar-refractivity contribution in [2.45, 2.75) is 0 Å². The number of aromatic nitrogens is 2. The highest BCUT2D eigenvalue weighted by Gasteiger charge is 2.10. The molecule has 0 unspecified atom stereocenters. The van der Waals surface area contributed by atoms with Gasteiger partial charge in [0.2, 0.25) is 5.88 Å². The second kappa shape index (κ2) is 8.34. The molecular weight excluding hydrogens is 411 g/mol. The van der Waals surface area contributed by atoms with Crippen LogP contribution in [0.2, 0.25) is 10.2 Å². The van der Waals surface area contributed by atoms with E-state index in [4.69, 9.17) is 27.9 Å². The van der Waals surface area contributed by atoms with E-state index in [0.29, 0.717) is 33.2 Å². The molecule has 3 aromatic carbocycles. The van der Waals surface area contributed by atoms with Crippen LogP contribution < -0.4 is 15.4 Å². The van der Waals surface area contributed by atoms with Crippen molar-refractivity contribution >= 4 is 51.4 Å². The van der Waals surface area contributed by atoms with E-state index in [0.717, 1.165) is 10.8 Å². The van der Waals surface area contributed by atoms with Crippen molar-refractivity contribution in [2.75, 3.05) is 10.6 Å². The number of ether oxygens (including phenoxy) is 1. The van der Waals surface area contributed by atoms with Crippen LogP contribution in [-0.4, -0.2) is 16.2 Å². The first kappa shape index (κ1) is 19.0. The van der Waals surface area contributed by atoms with Gasteiger partial charge >= 0.3 is 6.03 Å². The number of nitrogens with one attached hydrogen (secondary N) is 2. The molecule has 1 aromatic heterocycles.